The van der Waals surface area contributed by atoms with E-state index in [1.54, 1.807) is 31.3 Å². The molecule has 11 heteroatoms. The van der Waals surface area contributed by atoms with Gasteiger partial charge in [0.1, 0.15) is 35.3 Å². The minimum absolute atomic E-state index is 0.0477. The molecule has 0 aliphatic rings. The molecule has 0 unspecified atom stereocenters. The lowest BCUT2D eigenvalue weighted by Crippen LogP contribution is -2.25. The van der Waals surface area contributed by atoms with Gasteiger partial charge in [0.2, 0.25) is 0 Å². The van der Waals surface area contributed by atoms with Gasteiger partial charge in [-0.05, 0) is 54.4 Å². The number of nitrogens with zero attached hydrogens (tertiary/aromatic N) is 5. The Kier molecular flexibility index (Phi) is 6.25. The van der Waals surface area contributed by atoms with E-state index in [2.05, 4.69) is 20.3 Å². The molecule has 2 aromatic carbocycles. The maximum atomic E-state index is 14.9. The van der Waals surface area contributed by atoms with Crippen molar-refractivity contribution in [3.63, 3.8) is 0 Å². The Morgan fingerprint density at radius 3 is 2.66 bits per heavy atom. The van der Waals surface area contributed by atoms with E-state index >= 15 is 0 Å². The fourth-order valence-corrected chi connectivity index (χ4v) is 4.26. The fourth-order valence-electron chi connectivity index (χ4n) is 4.26. The van der Waals surface area contributed by atoms with Gasteiger partial charge in [-0.15, -0.1) is 5.71 Å². The number of phenolic OH excluding ortho intramolecular Hbond substituents is 1. The summed E-state index contributed by atoms with van der Waals surface area (Å²) in [5, 5.41) is 24.0. The zero-order chi connectivity index (χ0) is 27.0. The molecule has 0 aliphatic carbocycles. The van der Waals surface area contributed by atoms with Crippen molar-refractivity contribution >= 4 is 28.3 Å². The highest BCUT2D eigenvalue weighted by Crippen LogP contribution is 2.26. The topological polar surface area (TPSA) is 141 Å². The van der Waals surface area contributed by atoms with Crippen LogP contribution in [0.2, 0.25) is 0 Å². The summed E-state index contributed by atoms with van der Waals surface area (Å²) in [7, 11) is 0. The van der Waals surface area contributed by atoms with Crippen LogP contribution in [0.25, 0.3) is 22.0 Å². The molecule has 0 amide bonds. The van der Waals surface area contributed by atoms with Gasteiger partial charge in [-0.2, -0.15) is 0 Å². The number of nitrogens with two attached hydrogens (primary N) is 1. The summed E-state index contributed by atoms with van der Waals surface area (Å²) in [6.07, 6.45) is 2.74. The molecule has 0 spiro atoms. The van der Waals surface area contributed by atoms with Gasteiger partial charge >= 0.3 is 0 Å². The Morgan fingerprint density at radius 1 is 1.11 bits per heavy atom. The molecule has 0 radical (unpaired) electrons. The lowest BCUT2D eigenvalue weighted by Gasteiger charge is -2.21. The van der Waals surface area contributed by atoms with Crippen LogP contribution in [0, 0.1) is 18.6 Å². The van der Waals surface area contributed by atoms with Gasteiger partial charge in [0, 0.05) is 23.5 Å². The van der Waals surface area contributed by atoms with Crippen LogP contribution in [-0.2, 0) is 6.54 Å². The summed E-state index contributed by atoms with van der Waals surface area (Å²) >= 11 is 0. The number of rotatable bonds is 6. The number of benzene rings is 2. The van der Waals surface area contributed by atoms with Crippen LogP contribution < -0.4 is 16.6 Å². The fraction of sp³-hybridized carbons (Fsp3) is 0.0741. The van der Waals surface area contributed by atoms with E-state index in [-0.39, 0.29) is 35.0 Å². The van der Waals surface area contributed by atoms with Crippen LogP contribution >= 0.6 is 0 Å². The molecule has 0 saturated heterocycles. The number of halogens is 2. The van der Waals surface area contributed by atoms with E-state index in [4.69, 9.17) is 5.73 Å². The van der Waals surface area contributed by atoms with Crippen molar-refractivity contribution in [2.45, 2.75) is 13.5 Å². The van der Waals surface area contributed by atoms with Crippen LogP contribution in [-0.4, -0.2) is 30.3 Å². The smallest absolute Gasteiger partial charge is 0.265 e. The minimum atomic E-state index is -0.774. The highest BCUT2D eigenvalue weighted by molar-refractivity contribution is 6.19. The summed E-state index contributed by atoms with van der Waals surface area (Å²) < 4.78 is 30.0. The van der Waals surface area contributed by atoms with Crippen molar-refractivity contribution in [2.75, 3.05) is 11.1 Å². The molecule has 0 bridgehead atoms. The Bertz CT molecular complexity index is 1770. The van der Waals surface area contributed by atoms with Crippen LogP contribution in [0.5, 0.6) is 5.75 Å². The number of nitrogens with one attached hydrogen (secondary N) is 1. The van der Waals surface area contributed by atoms with E-state index in [0.717, 1.165) is 24.5 Å². The average Bonchev–Trinajstić information content (AvgIpc) is 2.87. The third-order valence-electron chi connectivity index (χ3n) is 6.00. The van der Waals surface area contributed by atoms with Gasteiger partial charge in [0.05, 0.1) is 23.1 Å². The first-order valence-corrected chi connectivity index (χ1v) is 11.4. The first-order chi connectivity index (χ1) is 18.2. The number of aryl methyl sites for hydroxylation is 1. The molecule has 0 saturated carbocycles. The van der Waals surface area contributed by atoms with Crippen LogP contribution in [0.15, 0.2) is 71.9 Å². The van der Waals surface area contributed by atoms with Crippen molar-refractivity contribution in [1.82, 2.24) is 19.5 Å². The molecular weight excluding hydrogens is 492 g/mol. The number of phenols is 1. The van der Waals surface area contributed by atoms with E-state index in [1.807, 2.05) is 0 Å². The number of para-hydroxylation sites is 1. The number of nitrogen functional groups attached to an aromatic ring is 1. The highest BCUT2D eigenvalue weighted by atomic mass is 19.1. The molecule has 3 aromatic heterocycles. The predicted octanol–water partition coefficient (Wildman–Crippen LogP) is 4.07. The first kappa shape index (κ1) is 24.5. The molecule has 5 rings (SSSR count). The quantitative estimate of drug-likeness (QED) is 0.291. The highest BCUT2D eigenvalue weighted by Gasteiger charge is 2.18. The summed E-state index contributed by atoms with van der Waals surface area (Å²) in [4.78, 5) is 26.0. The monoisotopic (exact) mass is 512 g/mol. The number of hydrogen-bond donors (Lipinski definition) is 3. The molecule has 190 valence electrons. The Labute approximate surface area is 214 Å². The second kappa shape index (κ2) is 9.69. The van der Waals surface area contributed by atoms with Gasteiger partial charge in [-0.3, -0.25) is 14.3 Å². The lowest BCUT2D eigenvalue weighted by atomic mass is 10.0. The van der Waals surface area contributed by atoms with Crippen molar-refractivity contribution in [3.05, 3.63) is 117 Å². The van der Waals surface area contributed by atoms with Crippen LogP contribution in [0.1, 0.15) is 22.4 Å². The molecule has 0 atom stereocenters. The molecule has 4 N–H and O–H groups in total. The van der Waals surface area contributed by atoms with Gasteiger partial charge in [0.15, 0.2) is 0 Å². The van der Waals surface area contributed by atoms with Crippen molar-refractivity contribution in [2.24, 2.45) is 0 Å². The lowest BCUT2D eigenvalue weighted by molar-refractivity contribution is 0.469. The number of aromatic hydroxyl groups is 1. The maximum absolute atomic E-state index is 14.9. The van der Waals surface area contributed by atoms with Crippen molar-refractivity contribution in [3.8, 4) is 11.4 Å². The zero-order valence-corrected chi connectivity index (χ0v) is 20.0. The molecule has 38 heavy (non-hydrogen) atoms. The Morgan fingerprint density at radius 2 is 1.89 bits per heavy atom. The summed E-state index contributed by atoms with van der Waals surface area (Å²) in [6, 6.07) is 12.3. The summed E-state index contributed by atoms with van der Waals surface area (Å²) in [5.41, 5.74) is 6.48. The van der Waals surface area contributed by atoms with Gasteiger partial charge in [-0.1, -0.05) is 12.1 Å². The van der Waals surface area contributed by atoms with Crippen LogP contribution in [0.3, 0.4) is 0 Å². The molecular formula is C27H20F2N7O2-. The molecule has 5 aromatic rings. The average molecular weight is 513 g/mol. The summed E-state index contributed by atoms with van der Waals surface area (Å²) in [6.45, 7) is 1.70. The number of hydrogen-bond acceptors (Lipinski definition) is 7. The summed E-state index contributed by atoms with van der Waals surface area (Å²) in [5.74, 6) is -1.83. The second-order valence-electron chi connectivity index (χ2n) is 8.50. The molecule has 9 nitrogen and oxygen atoms in total. The Hall–Kier alpha value is -5.19. The van der Waals surface area contributed by atoms with Gasteiger partial charge in [-0.25, -0.2) is 18.7 Å². The second-order valence-corrected chi connectivity index (χ2v) is 8.50. The first-order valence-electron chi connectivity index (χ1n) is 11.4. The van der Waals surface area contributed by atoms with E-state index in [9.17, 15) is 24.1 Å². The van der Waals surface area contributed by atoms with Gasteiger partial charge < -0.3 is 21.6 Å². The van der Waals surface area contributed by atoms with E-state index in [0.29, 0.717) is 22.2 Å². The van der Waals surface area contributed by atoms with E-state index in [1.165, 1.54) is 22.8 Å². The van der Waals surface area contributed by atoms with E-state index < -0.39 is 28.7 Å². The largest absolute Gasteiger partial charge is 0.803 e. The number of fused-ring (bicyclic) bond motifs is 1. The Balaban J connectivity index is 1.61. The van der Waals surface area contributed by atoms with Crippen molar-refractivity contribution in [1.29, 1.82) is 0 Å². The number of anilines is 2. The molecule has 3 heterocycles. The predicted molar refractivity (Wildman–Crippen MR) is 140 cm³/mol. The third kappa shape index (κ3) is 4.41. The number of pyridine rings is 2. The third-order valence-corrected chi connectivity index (χ3v) is 6.00. The van der Waals surface area contributed by atoms with Gasteiger partial charge in [0.25, 0.3) is 5.56 Å². The standard InChI is InChI=1S/C27H20F2N7O2/c1-14-6-7-32-20-11-17(36(27(38)22(14)20)21-5-3-2-4-19(21)29)12-33-26-23(25(31)34-13-35-26)24(30)15-8-16(28)10-18(37)9-15/h2-11,13,37H,12H2,1H3,(H3,31,33,34,35)/q-1. The SMILES string of the molecule is Cc1ccnc2cc(CNc3ncnc(N)c3C(=[N-])c3cc(O)cc(F)c3)n(-c3ccccc3F)c(=O)c12. The maximum Gasteiger partial charge on any atom is 0.265 e. The molecule has 0 fully saturated rings. The number of aromatic nitrogens is 4. The minimum Gasteiger partial charge on any atom is -0.803 e. The zero-order valence-electron chi connectivity index (χ0n) is 20.0. The van der Waals surface area contributed by atoms with Crippen LogP contribution in [0.4, 0.5) is 20.4 Å². The normalized spacial score (nSPS) is 11.0. The van der Waals surface area contributed by atoms with Crippen molar-refractivity contribution < 1.29 is 13.9 Å². The molecule has 0 aliphatic heterocycles.